The van der Waals surface area contributed by atoms with Crippen molar-refractivity contribution >= 4 is 23.4 Å². The van der Waals surface area contributed by atoms with Gasteiger partial charge in [-0.2, -0.15) is 0 Å². The van der Waals surface area contributed by atoms with Crippen LogP contribution in [-0.4, -0.2) is 126 Å². The van der Waals surface area contributed by atoms with E-state index in [1.807, 2.05) is 32.9 Å². The van der Waals surface area contributed by atoms with E-state index in [1.165, 1.54) is 19.1 Å². The minimum atomic E-state index is -2.51. The summed E-state index contributed by atoms with van der Waals surface area (Å²) in [5.74, 6) is -7.76. The first-order valence-corrected chi connectivity index (χ1v) is 20.9. The van der Waals surface area contributed by atoms with Gasteiger partial charge in [0.1, 0.15) is 24.0 Å². The first-order chi connectivity index (χ1) is 27.0. The third-order valence-electron chi connectivity index (χ3n) is 12.9. The maximum absolute atomic E-state index is 14.3. The summed E-state index contributed by atoms with van der Waals surface area (Å²) in [6, 6.07) is -1.14. The van der Waals surface area contributed by atoms with Crippen LogP contribution in [0.2, 0.25) is 0 Å². The SMILES string of the molecule is C=CC[C@@H]1/C=C(\C)C[C@H](C)C[C@H](OC)[C@H]2O[C@@](O)(C(=O)C(=O)N3CCCC[C@H]3C(=O)O[C@H](/C(C)=C/[C@H]3CC[C@@H](O)[C@H](OC)C3)[C@H](C)[C@@H](O)CC1=O)[C@H](C)C[C@@H]2OC. The van der Waals surface area contributed by atoms with Gasteiger partial charge < -0.3 is 43.9 Å². The highest BCUT2D eigenvalue weighted by atomic mass is 16.7. The number of ketones is 2. The number of carbonyl (C=O) groups excluding carboxylic acids is 4. The number of ether oxygens (including phenoxy) is 5. The number of allylic oxidation sites excluding steroid dienone is 4. The molecular weight excluding hydrogens is 734 g/mol. The fourth-order valence-electron chi connectivity index (χ4n) is 9.42. The molecule has 3 fully saturated rings. The molecule has 4 rings (SSSR count). The Morgan fingerprint density at radius 1 is 0.930 bits per heavy atom. The maximum atomic E-state index is 14.3. The number of hydrogen-bond acceptors (Lipinski definition) is 12. The first kappa shape index (κ1) is 46.9. The molecular formula is C44H69NO12. The third-order valence-corrected chi connectivity index (χ3v) is 12.9. The molecule has 1 saturated carbocycles. The fraction of sp³-hybridized carbons (Fsp3) is 0.773. The summed E-state index contributed by atoms with van der Waals surface area (Å²) in [6.07, 6.45) is 4.93. The number of cyclic esters (lactones) is 1. The molecule has 1 aliphatic carbocycles. The van der Waals surface area contributed by atoms with E-state index in [1.54, 1.807) is 27.0 Å². The highest BCUT2D eigenvalue weighted by Crippen LogP contribution is 2.39. The molecule has 0 spiro atoms. The number of aliphatic hydroxyl groups is 3. The molecule has 13 nitrogen and oxygen atoms in total. The average molecular weight is 804 g/mol. The topological polar surface area (TPSA) is 178 Å². The van der Waals surface area contributed by atoms with Crippen molar-refractivity contribution in [2.24, 2.45) is 29.6 Å². The molecule has 13 heteroatoms. The number of rotatable bonds is 7. The molecule has 0 aromatic rings. The number of Topliss-reactive ketones (excluding diaryl/α,β-unsaturated/α-hetero) is 2. The van der Waals surface area contributed by atoms with E-state index >= 15 is 0 Å². The number of hydrogen-bond donors (Lipinski definition) is 3. The number of amides is 1. The Morgan fingerprint density at radius 2 is 1.60 bits per heavy atom. The van der Waals surface area contributed by atoms with Crippen LogP contribution in [0.25, 0.3) is 0 Å². The summed E-state index contributed by atoms with van der Waals surface area (Å²) in [5, 5.41) is 34.1. The van der Waals surface area contributed by atoms with E-state index in [4.69, 9.17) is 23.7 Å². The van der Waals surface area contributed by atoms with Crippen molar-refractivity contribution in [1.29, 1.82) is 0 Å². The minimum Gasteiger partial charge on any atom is -0.456 e. The van der Waals surface area contributed by atoms with Gasteiger partial charge in [-0.05, 0) is 95.5 Å². The molecule has 0 unspecified atom stereocenters. The molecule has 4 aliphatic rings. The Hall–Kier alpha value is -2.78. The molecule has 0 aromatic heterocycles. The molecule has 2 bridgehead atoms. The summed E-state index contributed by atoms with van der Waals surface area (Å²) in [6.45, 7) is 13.1. The smallest absolute Gasteiger partial charge is 0.329 e. The van der Waals surface area contributed by atoms with Crippen LogP contribution in [0.3, 0.4) is 0 Å². The highest BCUT2D eigenvalue weighted by molar-refractivity contribution is 6.39. The average Bonchev–Trinajstić information content (AvgIpc) is 3.18. The van der Waals surface area contributed by atoms with Gasteiger partial charge in [-0.3, -0.25) is 14.4 Å². The molecule has 14 atom stereocenters. The lowest BCUT2D eigenvalue weighted by molar-refractivity contribution is -0.302. The quantitative estimate of drug-likeness (QED) is 0.185. The van der Waals surface area contributed by atoms with Crippen molar-refractivity contribution in [2.45, 2.75) is 160 Å². The molecule has 0 aromatic carbocycles. The lowest BCUT2D eigenvalue weighted by atomic mass is 9.81. The van der Waals surface area contributed by atoms with Gasteiger partial charge in [0.2, 0.25) is 5.79 Å². The van der Waals surface area contributed by atoms with E-state index in [9.17, 15) is 34.5 Å². The lowest BCUT2D eigenvalue weighted by Crippen LogP contribution is -2.64. The van der Waals surface area contributed by atoms with E-state index in [0.717, 1.165) is 5.57 Å². The molecule has 3 N–H and O–H groups in total. The van der Waals surface area contributed by atoms with Crippen LogP contribution in [0.15, 0.2) is 36.0 Å². The highest BCUT2D eigenvalue weighted by Gasteiger charge is 2.56. The Labute approximate surface area is 339 Å². The van der Waals surface area contributed by atoms with Gasteiger partial charge in [0.25, 0.3) is 11.7 Å². The maximum Gasteiger partial charge on any atom is 0.329 e. The summed E-state index contributed by atoms with van der Waals surface area (Å²) in [5.41, 5.74) is 1.61. The zero-order valence-electron chi connectivity index (χ0n) is 35.4. The largest absolute Gasteiger partial charge is 0.456 e. The number of methoxy groups -OCH3 is 3. The van der Waals surface area contributed by atoms with Crippen molar-refractivity contribution in [2.75, 3.05) is 27.9 Å². The van der Waals surface area contributed by atoms with E-state index in [-0.39, 0.29) is 49.5 Å². The number of esters is 1. The Kier molecular flexibility index (Phi) is 17.2. The van der Waals surface area contributed by atoms with Gasteiger partial charge in [0.05, 0.1) is 30.5 Å². The van der Waals surface area contributed by atoms with Crippen molar-refractivity contribution in [1.82, 2.24) is 4.90 Å². The molecule has 3 aliphatic heterocycles. The van der Waals surface area contributed by atoms with Gasteiger partial charge >= 0.3 is 5.97 Å². The van der Waals surface area contributed by atoms with Crippen LogP contribution in [0.1, 0.15) is 105 Å². The molecule has 2 saturated heterocycles. The van der Waals surface area contributed by atoms with Gasteiger partial charge in [-0.15, -0.1) is 6.58 Å². The lowest BCUT2D eigenvalue weighted by Gasteiger charge is -2.47. The molecule has 1 amide bonds. The fourth-order valence-corrected chi connectivity index (χ4v) is 9.42. The van der Waals surface area contributed by atoms with Crippen LogP contribution in [-0.2, 0) is 42.9 Å². The second-order valence-corrected chi connectivity index (χ2v) is 17.3. The molecule has 0 radical (unpaired) electrons. The summed E-state index contributed by atoms with van der Waals surface area (Å²) in [4.78, 5) is 57.8. The summed E-state index contributed by atoms with van der Waals surface area (Å²) < 4.78 is 29.7. The van der Waals surface area contributed by atoms with E-state index in [0.29, 0.717) is 56.9 Å². The van der Waals surface area contributed by atoms with E-state index < -0.39 is 83.9 Å². The Bertz CT molecular complexity index is 1480. The normalized spacial score (nSPS) is 41.0. The number of piperidine rings is 1. The van der Waals surface area contributed by atoms with Crippen LogP contribution < -0.4 is 0 Å². The van der Waals surface area contributed by atoms with Gasteiger partial charge in [0.15, 0.2) is 0 Å². The minimum absolute atomic E-state index is 0.00988. The summed E-state index contributed by atoms with van der Waals surface area (Å²) >= 11 is 0. The van der Waals surface area contributed by atoms with Crippen molar-refractivity contribution < 1.29 is 58.2 Å². The zero-order chi connectivity index (χ0) is 42.2. The van der Waals surface area contributed by atoms with Crippen molar-refractivity contribution in [3.05, 3.63) is 36.0 Å². The van der Waals surface area contributed by atoms with E-state index in [2.05, 4.69) is 6.58 Å². The number of carbonyl (C=O) groups is 4. The number of fused-ring (bicyclic) bond motifs is 3. The molecule has 322 valence electrons. The van der Waals surface area contributed by atoms with Crippen molar-refractivity contribution in [3.63, 3.8) is 0 Å². The first-order valence-electron chi connectivity index (χ1n) is 20.9. The number of nitrogens with zero attached hydrogens (tertiary/aromatic N) is 1. The monoisotopic (exact) mass is 803 g/mol. The van der Waals surface area contributed by atoms with Crippen LogP contribution in [0.4, 0.5) is 0 Å². The molecule has 57 heavy (non-hydrogen) atoms. The second-order valence-electron chi connectivity index (χ2n) is 17.3. The molecule has 3 heterocycles. The Balaban J connectivity index is 1.78. The number of aliphatic hydroxyl groups excluding tert-OH is 2. The third kappa shape index (κ3) is 11.3. The van der Waals surface area contributed by atoms with Gasteiger partial charge in [-0.25, -0.2) is 4.79 Å². The standard InChI is InChI=1S/C44H69NO12/c1-10-13-31-19-25(2)18-26(3)20-37(54-8)40-38(55-9)22-28(5)44(52,57-40)41(49)42(50)45-17-12-11-14-32(45)43(51)56-39(29(6)34(47)24-35(31)48)27(4)21-30-15-16-33(46)36(23-30)53-7/h10,19,21,26,28-34,36-40,46-47,52H,1,11-18,20,22-24H2,2-9H3/b25-19+,27-21+/t26-,28+,29+,30+,31+,32-,33+,34-,36+,37-,38-,39+,40+,44+/m0/s1. The predicted octanol–water partition coefficient (Wildman–Crippen LogP) is 4.64. The zero-order valence-corrected chi connectivity index (χ0v) is 35.4. The van der Waals surface area contributed by atoms with Crippen LogP contribution in [0.5, 0.6) is 0 Å². The second kappa shape index (κ2) is 21.0. The van der Waals surface area contributed by atoms with Crippen LogP contribution >= 0.6 is 0 Å². The summed E-state index contributed by atoms with van der Waals surface area (Å²) in [7, 11) is 4.61. The van der Waals surface area contributed by atoms with Crippen LogP contribution in [0, 0.1) is 29.6 Å². The van der Waals surface area contributed by atoms with Gasteiger partial charge in [0, 0.05) is 52.0 Å². The predicted molar refractivity (Wildman–Crippen MR) is 213 cm³/mol. The van der Waals surface area contributed by atoms with Crippen molar-refractivity contribution in [3.8, 4) is 0 Å². The Morgan fingerprint density at radius 3 is 2.25 bits per heavy atom. The van der Waals surface area contributed by atoms with Gasteiger partial charge in [-0.1, -0.05) is 44.6 Å².